The van der Waals surface area contributed by atoms with E-state index in [1.54, 1.807) is 24.3 Å². The van der Waals surface area contributed by atoms with Crippen molar-refractivity contribution in [3.63, 3.8) is 0 Å². The molecule has 0 aliphatic rings. The lowest BCUT2D eigenvalue weighted by Crippen LogP contribution is -2.18. The number of nitrogens with zero attached hydrogens (tertiary/aromatic N) is 3. The van der Waals surface area contributed by atoms with Gasteiger partial charge in [0, 0.05) is 25.7 Å². The number of aryl methyl sites for hydroxylation is 2. The zero-order chi connectivity index (χ0) is 15.2. The molecule has 2 aromatic rings. The van der Waals surface area contributed by atoms with Crippen molar-refractivity contribution < 1.29 is 4.92 Å². The number of hydrogen-bond acceptors (Lipinski definition) is 4. The molecule has 6 heteroatoms. The molecule has 21 heavy (non-hydrogen) atoms. The van der Waals surface area contributed by atoms with Gasteiger partial charge in [-0.3, -0.25) is 14.8 Å². The highest BCUT2D eigenvalue weighted by Crippen LogP contribution is 2.12. The Hall–Kier alpha value is -2.21. The molecule has 0 fully saturated rings. The fourth-order valence-corrected chi connectivity index (χ4v) is 2.14. The summed E-state index contributed by atoms with van der Waals surface area (Å²) in [7, 11) is 1.95. The van der Waals surface area contributed by atoms with Crippen molar-refractivity contribution in [2.24, 2.45) is 7.05 Å². The lowest BCUT2D eigenvalue weighted by Gasteiger charge is -2.05. The highest BCUT2D eigenvalue weighted by molar-refractivity contribution is 5.32. The summed E-state index contributed by atoms with van der Waals surface area (Å²) in [5.41, 5.74) is 3.49. The van der Waals surface area contributed by atoms with Gasteiger partial charge < -0.3 is 5.32 Å². The molecular formula is C15H20N4O2. The fourth-order valence-electron chi connectivity index (χ4n) is 2.14. The summed E-state index contributed by atoms with van der Waals surface area (Å²) in [5.74, 6) is 0. The first-order valence-electron chi connectivity index (χ1n) is 7.06. The minimum Gasteiger partial charge on any atom is -0.311 e. The van der Waals surface area contributed by atoms with E-state index in [-0.39, 0.29) is 10.6 Å². The van der Waals surface area contributed by atoms with Crippen molar-refractivity contribution in [1.29, 1.82) is 0 Å². The molecule has 0 spiro atoms. The van der Waals surface area contributed by atoms with Gasteiger partial charge >= 0.3 is 0 Å². The van der Waals surface area contributed by atoms with Crippen LogP contribution in [0, 0.1) is 10.1 Å². The quantitative estimate of drug-likeness (QED) is 0.481. The number of hydrogen-bond donors (Lipinski definition) is 1. The van der Waals surface area contributed by atoms with Gasteiger partial charge in [0.25, 0.3) is 5.69 Å². The first-order valence-corrected chi connectivity index (χ1v) is 7.06. The summed E-state index contributed by atoms with van der Waals surface area (Å²) in [6.45, 7) is 3.69. The van der Waals surface area contributed by atoms with E-state index in [0.717, 1.165) is 42.9 Å². The van der Waals surface area contributed by atoms with Crippen LogP contribution >= 0.6 is 0 Å². The molecule has 0 bridgehead atoms. The SMILES string of the molecule is CCc1cc(CNCCc2ccc([N+](=O)[O-])cc2)n(C)n1. The topological polar surface area (TPSA) is 73.0 Å². The van der Waals surface area contributed by atoms with Gasteiger partial charge in [-0.25, -0.2) is 0 Å². The fraction of sp³-hybridized carbons (Fsp3) is 0.400. The first kappa shape index (κ1) is 15.2. The third kappa shape index (κ3) is 4.13. The molecule has 0 aliphatic heterocycles. The number of nitro benzene ring substituents is 1. The van der Waals surface area contributed by atoms with Crippen LogP contribution in [-0.4, -0.2) is 21.2 Å². The van der Waals surface area contributed by atoms with Crippen LogP contribution in [0.2, 0.25) is 0 Å². The molecule has 2 rings (SSSR count). The Bertz CT molecular complexity index is 605. The summed E-state index contributed by atoms with van der Waals surface area (Å²) in [6.07, 6.45) is 1.78. The van der Waals surface area contributed by atoms with Crippen LogP contribution in [0.15, 0.2) is 30.3 Å². The predicted molar refractivity (Wildman–Crippen MR) is 81.1 cm³/mol. The maximum atomic E-state index is 10.6. The van der Waals surface area contributed by atoms with Gasteiger partial charge in [0.05, 0.1) is 16.3 Å². The van der Waals surface area contributed by atoms with E-state index < -0.39 is 0 Å². The van der Waals surface area contributed by atoms with E-state index in [1.165, 1.54) is 0 Å². The average molecular weight is 288 g/mol. The Morgan fingerprint density at radius 3 is 2.62 bits per heavy atom. The summed E-state index contributed by atoms with van der Waals surface area (Å²) in [4.78, 5) is 10.2. The van der Waals surface area contributed by atoms with Crippen molar-refractivity contribution in [1.82, 2.24) is 15.1 Å². The highest BCUT2D eigenvalue weighted by atomic mass is 16.6. The molecule has 0 amide bonds. The van der Waals surface area contributed by atoms with Crippen molar-refractivity contribution >= 4 is 5.69 Å². The lowest BCUT2D eigenvalue weighted by atomic mass is 10.1. The number of rotatable bonds is 7. The molecule has 6 nitrogen and oxygen atoms in total. The number of aromatic nitrogens is 2. The molecule has 0 radical (unpaired) electrons. The molecule has 0 aliphatic carbocycles. The first-order chi connectivity index (χ1) is 10.1. The van der Waals surface area contributed by atoms with Crippen molar-refractivity contribution in [3.05, 3.63) is 57.4 Å². The summed E-state index contributed by atoms with van der Waals surface area (Å²) < 4.78 is 1.90. The zero-order valence-corrected chi connectivity index (χ0v) is 12.4. The Morgan fingerprint density at radius 1 is 1.33 bits per heavy atom. The van der Waals surface area contributed by atoms with E-state index in [0.29, 0.717) is 0 Å². The highest BCUT2D eigenvalue weighted by Gasteiger charge is 2.05. The summed E-state index contributed by atoms with van der Waals surface area (Å²) in [5, 5.41) is 18.3. The second-order valence-electron chi connectivity index (χ2n) is 4.95. The van der Waals surface area contributed by atoms with Gasteiger partial charge in [0.15, 0.2) is 0 Å². The standard InChI is InChI=1S/C15H20N4O2/c1-3-13-10-15(18(2)17-13)11-16-9-8-12-4-6-14(7-5-12)19(20)21/h4-7,10,16H,3,8-9,11H2,1-2H3. The Kier molecular flexibility index (Phi) is 5.05. The Morgan fingerprint density at radius 2 is 2.05 bits per heavy atom. The van der Waals surface area contributed by atoms with Crippen LogP contribution in [0.4, 0.5) is 5.69 Å². The van der Waals surface area contributed by atoms with Crippen molar-refractivity contribution in [3.8, 4) is 0 Å². The Labute approximate surface area is 123 Å². The van der Waals surface area contributed by atoms with Gasteiger partial charge in [-0.05, 0) is 31.0 Å². The lowest BCUT2D eigenvalue weighted by molar-refractivity contribution is -0.384. The molecule has 0 unspecified atom stereocenters. The van der Waals surface area contributed by atoms with Crippen molar-refractivity contribution in [2.75, 3.05) is 6.54 Å². The maximum Gasteiger partial charge on any atom is 0.269 e. The number of non-ortho nitro benzene ring substituents is 1. The van der Waals surface area contributed by atoms with Crippen molar-refractivity contribution in [2.45, 2.75) is 26.3 Å². The molecule has 0 saturated carbocycles. The van der Waals surface area contributed by atoms with E-state index in [4.69, 9.17) is 0 Å². The van der Waals surface area contributed by atoms with Crippen LogP contribution in [0.25, 0.3) is 0 Å². The molecular weight excluding hydrogens is 268 g/mol. The van der Waals surface area contributed by atoms with Crippen LogP contribution in [0.1, 0.15) is 23.9 Å². The second-order valence-corrected chi connectivity index (χ2v) is 4.95. The minimum absolute atomic E-state index is 0.133. The normalized spacial score (nSPS) is 10.8. The van der Waals surface area contributed by atoms with Crippen LogP contribution in [-0.2, 0) is 26.4 Å². The second kappa shape index (κ2) is 6.99. The van der Waals surface area contributed by atoms with Gasteiger partial charge in [-0.15, -0.1) is 0 Å². The van der Waals surface area contributed by atoms with Crippen LogP contribution in [0.5, 0.6) is 0 Å². The summed E-state index contributed by atoms with van der Waals surface area (Å²) in [6, 6.07) is 8.81. The number of nitrogens with one attached hydrogen (secondary N) is 1. The zero-order valence-electron chi connectivity index (χ0n) is 12.4. The number of nitro groups is 1. The monoisotopic (exact) mass is 288 g/mol. The third-order valence-electron chi connectivity index (χ3n) is 3.43. The predicted octanol–water partition coefficient (Wildman–Crippen LogP) is 2.22. The van der Waals surface area contributed by atoms with Crippen LogP contribution < -0.4 is 5.32 Å². The minimum atomic E-state index is -0.379. The largest absolute Gasteiger partial charge is 0.311 e. The molecule has 0 saturated heterocycles. The maximum absolute atomic E-state index is 10.6. The number of benzene rings is 1. The van der Waals surface area contributed by atoms with Gasteiger partial charge in [-0.1, -0.05) is 19.1 Å². The van der Waals surface area contributed by atoms with E-state index in [9.17, 15) is 10.1 Å². The van der Waals surface area contributed by atoms with Gasteiger partial charge in [0.2, 0.25) is 0 Å². The average Bonchev–Trinajstić information content (AvgIpc) is 2.84. The smallest absolute Gasteiger partial charge is 0.269 e. The van der Waals surface area contributed by atoms with Gasteiger partial charge in [0.1, 0.15) is 0 Å². The van der Waals surface area contributed by atoms with Gasteiger partial charge in [-0.2, -0.15) is 5.10 Å². The molecule has 112 valence electrons. The molecule has 1 aromatic carbocycles. The molecule has 0 atom stereocenters. The molecule has 1 aromatic heterocycles. The third-order valence-corrected chi connectivity index (χ3v) is 3.43. The Balaban J connectivity index is 1.79. The van der Waals surface area contributed by atoms with Crippen LogP contribution in [0.3, 0.4) is 0 Å². The van der Waals surface area contributed by atoms with E-state index >= 15 is 0 Å². The van der Waals surface area contributed by atoms with E-state index in [1.807, 2.05) is 11.7 Å². The molecule has 1 N–H and O–H groups in total. The van der Waals surface area contributed by atoms with E-state index in [2.05, 4.69) is 23.4 Å². The molecule has 1 heterocycles. The summed E-state index contributed by atoms with van der Waals surface area (Å²) >= 11 is 0.